The van der Waals surface area contributed by atoms with Crippen molar-refractivity contribution in [2.75, 3.05) is 21.1 Å². The van der Waals surface area contributed by atoms with E-state index in [1.165, 1.54) is 30.5 Å². The van der Waals surface area contributed by atoms with E-state index in [4.69, 9.17) is 0 Å². The summed E-state index contributed by atoms with van der Waals surface area (Å²) in [5.41, 5.74) is 1.80. The smallest absolute Gasteiger partial charge is 0.387 e. The highest BCUT2D eigenvalue weighted by atomic mass is 32.2. The lowest BCUT2D eigenvalue weighted by atomic mass is 10.2. The van der Waals surface area contributed by atoms with Crippen LogP contribution in [0.25, 0.3) is 0 Å². The van der Waals surface area contributed by atoms with Crippen LogP contribution in [0.5, 0.6) is 5.75 Å². The van der Waals surface area contributed by atoms with Crippen molar-refractivity contribution in [3.05, 3.63) is 59.7 Å². The summed E-state index contributed by atoms with van der Waals surface area (Å²) in [7, 11) is 1.42. The van der Waals surface area contributed by atoms with Crippen molar-refractivity contribution in [2.24, 2.45) is 0 Å². The van der Waals surface area contributed by atoms with Crippen LogP contribution in [0.4, 0.5) is 8.78 Å². The van der Waals surface area contributed by atoms with Crippen LogP contribution in [0.1, 0.15) is 11.1 Å². The lowest BCUT2D eigenvalue weighted by Gasteiger charge is -2.18. The van der Waals surface area contributed by atoms with E-state index in [2.05, 4.69) is 4.74 Å². The van der Waals surface area contributed by atoms with E-state index in [0.29, 0.717) is 13.1 Å². The molecule has 0 fully saturated rings. The first-order chi connectivity index (χ1) is 12.2. The summed E-state index contributed by atoms with van der Waals surface area (Å²) in [4.78, 5) is 2.26. The van der Waals surface area contributed by atoms with Crippen molar-refractivity contribution in [2.45, 2.75) is 24.6 Å². The molecule has 0 N–H and O–H groups in total. The van der Waals surface area contributed by atoms with Crippen LogP contribution in [0.3, 0.4) is 0 Å². The third-order valence-electron chi connectivity index (χ3n) is 3.73. The molecule has 0 aromatic heterocycles. The molecule has 0 spiro atoms. The van der Waals surface area contributed by atoms with Gasteiger partial charge in [-0.05, 0) is 42.4 Å². The molecule has 0 aliphatic heterocycles. The van der Waals surface area contributed by atoms with Crippen molar-refractivity contribution in [3.8, 4) is 5.75 Å². The molecule has 0 saturated heterocycles. The Hall–Kier alpha value is -2.03. The quantitative estimate of drug-likeness (QED) is 0.702. The average Bonchev–Trinajstić information content (AvgIpc) is 2.56. The first-order valence-corrected chi connectivity index (χ1v) is 9.36. The summed E-state index contributed by atoms with van der Waals surface area (Å²) >= 11 is 0. The van der Waals surface area contributed by atoms with E-state index >= 15 is 0 Å². The van der Waals surface area contributed by atoms with Gasteiger partial charge in [-0.15, -0.1) is 0 Å². The lowest BCUT2D eigenvalue weighted by Crippen LogP contribution is -2.22. The Kier molecular flexibility index (Phi) is 6.69. The zero-order chi connectivity index (χ0) is 19.3. The van der Waals surface area contributed by atoms with E-state index in [9.17, 15) is 17.2 Å². The Morgan fingerprint density at radius 3 is 2.15 bits per heavy atom. The van der Waals surface area contributed by atoms with Crippen LogP contribution in [-0.2, 0) is 23.1 Å². The molecule has 0 bridgehead atoms. The van der Waals surface area contributed by atoms with Gasteiger partial charge in [0.05, 0.1) is 4.90 Å². The average molecular weight is 384 g/mol. The van der Waals surface area contributed by atoms with Gasteiger partial charge in [0.1, 0.15) is 5.75 Å². The second-order valence-corrected chi connectivity index (χ2v) is 8.28. The van der Waals surface area contributed by atoms with Gasteiger partial charge in [-0.2, -0.15) is 8.78 Å². The van der Waals surface area contributed by atoms with Gasteiger partial charge < -0.3 is 4.74 Å². The number of sulfonamides is 1. The zero-order valence-corrected chi connectivity index (χ0v) is 15.7. The lowest BCUT2D eigenvalue weighted by molar-refractivity contribution is -0.0498. The van der Waals surface area contributed by atoms with Crippen molar-refractivity contribution < 1.29 is 21.9 Å². The largest absolute Gasteiger partial charge is 0.435 e. The summed E-state index contributed by atoms with van der Waals surface area (Å²) in [5, 5.41) is 0. The molecular weight excluding hydrogens is 362 g/mol. The van der Waals surface area contributed by atoms with Gasteiger partial charge in [0, 0.05) is 27.2 Å². The predicted octanol–water partition coefficient (Wildman–Crippen LogP) is 3.17. The van der Waals surface area contributed by atoms with E-state index < -0.39 is 16.6 Å². The van der Waals surface area contributed by atoms with Crippen LogP contribution in [-0.4, -0.2) is 45.4 Å². The molecule has 8 heteroatoms. The highest BCUT2D eigenvalue weighted by Gasteiger charge is 2.17. The minimum Gasteiger partial charge on any atom is -0.435 e. The summed E-state index contributed by atoms with van der Waals surface area (Å²) < 4.78 is 54.3. The van der Waals surface area contributed by atoms with Crippen molar-refractivity contribution >= 4 is 10.0 Å². The molecule has 2 aromatic rings. The fraction of sp³-hybridized carbons (Fsp3) is 0.333. The number of rotatable bonds is 8. The Balaban J connectivity index is 2.03. The second kappa shape index (κ2) is 8.57. The number of hydrogen-bond acceptors (Lipinski definition) is 4. The molecule has 0 radical (unpaired) electrons. The van der Waals surface area contributed by atoms with Crippen LogP contribution >= 0.6 is 0 Å². The molecule has 0 saturated carbocycles. The first kappa shape index (κ1) is 20.3. The molecule has 0 atom stereocenters. The third-order valence-corrected chi connectivity index (χ3v) is 5.54. The van der Waals surface area contributed by atoms with Gasteiger partial charge in [0.25, 0.3) is 0 Å². The van der Waals surface area contributed by atoms with Crippen molar-refractivity contribution in [1.29, 1.82) is 0 Å². The topological polar surface area (TPSA) is 49.9 Å². The van der Waals surface area contributed by atoms with E-state index in [0.717, 1.165) is 11.1 Å². The summed E-state index contributed by atoms with van der Waals surface area (Å²) in [5.74, 6) is 0.119. The number of alkyl halides is 2. The molecular formula is C18H22F2N2O3S. The summed E-state index contributed by atoms with van der Waals surface area (Å²) in [6, 6.07) is 13.3. The number of nitrogens with zero attached hydrogens (tertiary/aromatic N) is 2. The monoisotopic (exact) mass is 384 g/mol. The number of hydrogen-bond donors (Lipinski definition) is 0. The standard InChI is InChI=1S/C18H22F2N2O3S/c1-21(2)26(23,24)17-6-4-5-15(11-17)13-22(3)12-14-7-9-16(10-8-14)25-18(19)20/h4-11,18H,12-13H2,1-3H3. The van der Waals surface area contributed by atoms with Gasteiger partial charge in [0.15, 0.2) is 0 Å². The normalized spacial score (nSPS) is 12.2. The highest BCUT2D eigenvalue weighted by Crippen LogP contribution is 2.18. The van der Waals surface area contributed by atoms with Gasteiger partial charge in [-0.3, -0.25) is 4.90 Å². The van der Waals surface area contributed by atoms with Gasteiger partial charge in [-0.1, -0.05) is 24.3 Å². The molecule has 0 amide bonds. The second-order valence-electron chi connectivity index (χ2n) is 6.13. The molecule has 142 valence electrons. The molecule has 26 heavy (non-hydrogen) atoms. The van der Waals surface area contributed by atoms with Gasteiger partial charge in [-0.25, -0.2) is 12.7 Å². The van der Waals surface area contributed by atoms with Crippen LogP contribution < -0.4 is 4.74 Å². The minimum atomic E-state index is -3.47. The highest BCUT2D eigenvalue weighted by molar-refractivity contribution is 7.89. The van der Waals surface area contributed by atoms with E-state index in [1.54, 1.807) is 30.3 Å². The first-order valence-electron chi connectivity index (χ1n) is 7.92. The molecule has 0 aliphatic rings. The number of halogens is 2. The Labute approximate surface area is 152 Å². The van der Waals surface area contributed by atoms with Gasteiger partial charge in [0.2, 0.25) is 10.0 Å². The third kappa shape index (κ3) is 5.48. The molecule has 5 nitrogen and oxygen atoms in total. The SMILES string of the molecule is CN(Cc1ccc(OC(F)F)cc1)Cc1cccc(S(=O)(=O)N(C)C)c1. The number of ether oxygens (including phenoxy) is 1. The Morgan fingerprint density at radius 1 is 0.962 bits per heavy atom. The fourth-order valence-electron chi connectivity index (χ4n) is 2.47. The molecule has 2 rings (SSSR count). The molecule has 0 unspecified atom stereocenters. The Bertz CT molecular complexity index is 825. The maximum absolute atomic E-state index is 12.2. The predicted molar refractivity (Wildman–Crippen MR) is 95.6 cm³/mol. The minimum absolute atomic E-state index is 0.119. The van der Waals surface area contributed by atoms with E-state index in [-0.39, 0.29) is 10.6 Å². The van der Waals surface area contributed by atoms with E-state index in [1.807, 2.05) is 18.0 Å². The molecule has 0 heterocycles. The van der Waals surface area contributed by atoms with Crippen molar-refractivity contribution in [3.63, 3.8) is 0 Å². The van der Waals surface area contributed by atoms with Crippen LogP contribution in [0.15, 0.2) is 53.4 Å². The molecule has 2 aromatic carbocycles. The summed E-state index contributed by atoms with van der Waals surface area (Å²) in [6.45, 7) is -1.71. The fourth-order valence-corrected chi connectivity index (χ4v) is 3.44. The maximum atomic E-state index is 12.2. The van der Waals surface area contributed by atoms with Crippen LogP contribution in [0.2, 0.25) is 0 Å². The van der Waals surface area contributed by atoms with Crippen molar-refractivity contribution in [1.82, 2.24) is 9.21 Å². The Morgan fingerprint density at radius 2 is 1.58 bits per heavy atom. The van der Waals surface area contributed by atoms with Crippen LogP contribution in [0, 0.1) is 0 Å². The zero-order valence-electron chi connectivity index (χ0n) is 14.9. The van der Waals surface area contributed by atoms with Gasteiger partial charge >= 0.3 is 6.61 Å². The molecule has 0 aliphatic carbocycles. The number of benzene rings is 2. The maximum Gasteiger partial charge on any atom is 0.387 e. The summed E-state index contributed by atoms with van der Waals surface area (Å²) in [6.07, 6.45) is 0.